The van der Waals surface area contributed by atoms with Crippen LogP contribution < -0.4 is 5.32 Å². The third-order valence-corrected chi connectivity index (χ3v) is 4.67. The maximum atomic E-state index is 12.1. The zero-order valence-corrected chi connectivity index (χ0v) is 12.0. The molecule has 1 heterocycles. The van der Waals surface area contributed by atoms with Crippen molar-refractivity contribution in [2.24, 2.45) is 0 Å². The van der Waals surface area contributed by atoms with Gasteiger partial charge in [-0.3, -0.25) is 9.69 Å². The summed E-state index contributed by atoms with van der Waals surface area (Å²) in [6, 6.07) is 1.57. The summed E-state index contributed by atoms with van der Waals surface area (Å²) in [5.74, 6) is 0.238. The Balaban J connectivity index is 1.78. The molecule has 0 spiro atoms. The van der Waals surface area contributed by atoms with Crippen LogP contribution in [0.2, 0.25) is 0 Å². The lowest BCUT2D eigenvalue weighted by molar-refractivity contribution is -0.124. The Morgan fingerprint density at radius 2 is 1.61 bits per heavy atom. The third kappa shape index (κ3) is 3.71. The number of piperidine rings is 1. The number of rotatable bonds is 3. The highest BCUT2D eigenvalue weighted by atomic mass is 16.2. The number of carbonyl (C=O) groups excluding carboxylic acids is 1. The second kappa shape index (κ2) is 6.55. The number of likely N-dealkylation sites (tertiary alicyclic amines) is 1. The lowest BCUT2D eigenvalue weighted by atomic mass is 9.95. The highest BCUT2D eigenvalue weighted by molar-refractivity contribution is 5.78. The van der Waals surface area contributed by atoms with E-state index in [1.165, 1.54) is 51.4 Å². The van der Waals surface area contributed by atoms with Gasteiger partial charge < -0.3 is 5.32 Å². The molecule has 2 atom stereocenters. The van der Waals surface area contributed by atoms with Gasteiger partial charge in [-0.1, -0.05) is 25.7 Å². The van der Waals surface area contributed by atoms with Crippen molar-refractivity contribution in [3.63, 3.8) is 0 Å². The zero-order chi connectivity index (χ0) is 13.0. The second-order valence-corrected chi connectivity index (χ2v) is 6.20. The van der Waals surface area contributed by atoms with Gasteiger partial charge in [-0.05, 0) is 39.5 Å². The largest absolute Gasteiger partial charge is 0.352 e. The van der Waals surface area contributed by atoms with Crippen molar-refractivity contribution >= 4 is 5.91 Å². The van der Waals surface area contributed by atoms with Crippen LogP contribution in [-0.2, 0) is 4.79 Å². The van der Waals surface area contributed by atoms with E-state index in [0.29, 0.717) is 24.7 Å². The summed E-state index contributed by atoms with van der Waals surface area (Å²) in [5.41, 5.74) is 0. The van der Waals surface area contributed by atoms with E-state index in [4.69, 9.17) is 0 Å². The average molecular weight is 252 g/mol. The minimum atomic E-state index is 0.238. The molecule has 1 aliphatic heterocycles. The Bertz CT molecular complexity index is 264. The van der Waals surface area contributed by atoms with Crippen molar-refractivity contribution in [2.45, 2.75) is 83.3 Å². The van der Waals surface area contributed by atoms with Gasteiger partial charge in [0.05, 0.1) is 6.54 Å². The number of nitrogens with zero attached hydrogens (tertiary/aromatic N) is 1. The summed E-state index contributed by atoms with van der Waals surface area (Å²) >= 11 is 0. The van der Waals surface area contributed by atoms with Crippen LogP contribution in [0.1, 0.15) is 65.2 Å². The maximum absolute atomic E-state index is 12.1. The quantitative estimate of drug-likeness (QED) is 0.837. The smallest absolute Gasteiger partial charge is 0.234 e. The summed E-state index contributed by atoms with van der Waals surface area (Å²) in [4.78, 5) is 14.5. The topological polar surface area (TPSA) is 32.3 Å². The first-order valence-corrected chi connectivity index (χ1v) is 7.72. The predicted molar refractivity (Wildman–Crippen MR) is 74.5 cm³/mol. The second-order valence-electron chi connectivity index (χ2n) is 6.20. The minimum Gasteiger partial charge on any atom is -0.352 e. The Morgan fingerprint density at radius 1 is 1.00 bits per heavy atom. The van der Waals surface area contributed by atoms with E-state index >= 15 is 0 Å². The first-order chi connectivity index (χ1) is 8.66. The van der Waals surface area contributed by atoms with Crippen LogP contribution in [0.25, 0.3) is 0 Å². The maximum Gasteiger partial charge on any atom is 0.234 e. The molecular weight excluding hydrogens is 224 g/mol. The summed E-state index contributed by atoms with van der Waals surface area (Å²) < 4.78 is 0. The number of carbonyl (C=O) groups is 1. The Labute approximate surface area is 111 Å². The molecule has 1 N–H and O–H groups in total. The molecule has 1 saturated heterocycles. The fraction of sp³-hybridized carbons (Fsp3) is 0.933. The van der Waals surface area contributed by atoms with Gasteiger partial charge in [0.2, 0.25) is 5.91 Å². The fourth-order valence-electron chi connectivity index (χ4n) is 3.47. The van der Waals surface area contributed by atoms with Gasteiger partial charge >= 0.3 is 0 Å². The van der Waals surface area contributed by atoms with E-state index in [-0.39, 0.29) is 5.91 Å². The monoisotopic (exact) mass is 252 g/mol. The van der Waals surface area contributed by atoms with Crippen molar-refractivity contribution in [1.82, 2.24) is 10.2 Å². The Kier molecular flexibility index (Phi) is 5.04. The number of hydrogen-bond donors (Lipinski definition) is 1. The van der Waals surface area contributed by atoms with Crippen LogP contribution in [0.3, 0.4) is 0 Å². The van der Waals surface area contributed by atoms with E-state index in [1.54, 1.807) is 0 Å². The molecule has 1 aliphatic carbocycles. The molecule has 2 rings (SSSR count). The lowest BCUT2D eigenvalue weighted by Crippen LogP contribution is -2.50. The van der Waals surface area contributed by atoms with Crippen LogP contribution >= 0.6 is 0 Å². The van der Waals surface area contributed by atoms with Gasteiger partial charge in [-0.15, -0.1) is 0 Å². The minimum absolute atomic E-state index is 0.238. The molecule has 3 heteroatoms. The molecule has 1 amide bonds. The fourth-order valence-corrected chi connectivity index (χ4v) is 3.47. The summed E-state index contributed by atoms with van der Waals surface area (Å²) in [6.45, 7) is 5.10. The lowest BCUT2D eigenvalue weighted by Gasteiger charge is -2.38. The van der Waals surface area contributed by atoms with Crippen molar-refractivity contribution in [3.05, 3.63) is 0 Å². The van der Waals surface area contributed by atoms with Crippen molar-refractivity contribution < 1.29 is 4.79 Å². The molecule has 104 valence electrons. The normalized spacial score (nSPS) is 31.2. The van der Waals surface area contributed by atoms with Gasteiger partial charge in [0.15, 0.2) is 0 Å². The summed E-state index contributed by atoms with van der Waals surface area (Å²) in [6.07, 6.45) is 10.0. The van der Waals surface area contributed by atoms with Crippen molar-refractivity contribution in [3.8, 4) is 0 Å². The molecule has 18 heavy (non-hydrogen) atoms. The average Bonchev–Trinajstić information content (AvgIpc) is 2.35. The highest BCUT2D eigenvalue weighted by Gasteiger charge is 2.27. The van der Waals surface area contributed by atoms with Crippen molar-refractivity contribution in [2.75, 3.05) is 6.54 Å². The van der Waals surface area contributed by atoms with Crippen LogP contribution in [0, 0.1) is 0 Å². The Hall–Kier alpha value is -0.570. The summed E-state index contributed by atoms with van der Waals surface area (Å²) in [5, 5.41) is 3.23. The molecule has 0 radical (unpaired) electrons. The van der Waals surface area contributed by atoms with Gasteiger partial charge in [0, 0.05) is 18.1 Å². The molecule has 1 saturated carbocycles. The standard InChI is InChI=1S/C15H28N2O/c1-12-7-6-8-13(2)17(12)11-15(18)16-14-9-4-3-5-10-14/h12-14H,3-11H2,1-2H3,(H,16,18)/t12-,13+. The van der Waals surface area contributed by atoms with E-state index in [9.17, 15) is 4.79 Å². The van der Waals surface area contributed by atoms with E-state index in [2.05, 4.69) is 24.1 Å². The van der Waals surface area contributed by atoms with E-state index < -0.39 is 0 Å². The molecule has 0 bridgehead atoms. The van der Waals surface area contributed by atoms with Crippen LogP contribution in [0.15, 0.2) is 0 Å². The van der Waals surface area contributed by atoms with Crippen molar-refractivity contribution in [1.29, 1.82) is 0 Å². The van der Waals surface area contributed by atoms with Gasteiger partial charge in [-0.25, -0.2) is 0 Å². The molecule has 0 aromatic heterocycles. The highest BCUT2D eigenvalue weighted by Crippen LogP contribution is 2.22. The predicted octanol–water partition coefficient (Wildman–Crippen LogP) is 2.70. The van der Waals surface area contributed by atoms with Crippen LogP contribution in [-0.4, -0.2) is 35.5 Å². The van der Waals surface area contributed by atoms with Crippen LogP contribution in [0.5, 0.6) is 0 Å². The van der Waals surface area contributed by atoms with E-state index in [0.717, 1.165) is 0 Å². The van der Waals surface area contributed by atoms with Gasteiger partial charge in [-0.2, -0.15) is 0 Å². The molecule has 2 aliphatic rings. The zero-order valence-electron chi connectivity index (χ0n) is 12.0. The molecular formula is C15H28N2O. The van der Waals surface area contributed by atoms with E-state index in [1.807, 2.05) is 0 Å². The SMILES string of the molecule is C[C@@H]1CCC[C@H](C)N1CC(=O)NC1CCCCC1. The first-order valence-electron chi connectivity index (χ1n) is 7.72. The number of amides is 1. The molecule has 0 unspecified atom stereocenters. The summed E-state index contributed by atoms with van der Waals surface area (Å²) in [7, 11) is 0. The molecule has 0 aromatic carbocycles. The van der Waals surface area contributed by atoms with Gasteiger partial charge in [0.25, 0.3) is 0 Å². The van der Waals surface area contributed by atoms with Gasteiger partial charge in [0.1, 0.15) is 0 Å². The number of nitrogens with one attached hydrogen (secondary N) is 1. The first kappa shape index (κ1) is 13.9. The van der Waals surface area contributed by atoms with Crippen LogP contribution in [0.4, 0.5) is 0 Å². The number of hydrogen-bond acceptors (Lipinski definition) is 2. The molecule has 2 fully saturated rings. The Morgan fingerprint density at radius 3 is 2.22 bits per heavy atom. The molecule has 0 aromatic rings. The molecule has 3 nitrogen and oxygen atoms in total. The third-order valence-electron chi connectivity index (χ3n) is 4.67.